The van der Waals surface area contributed by atoms with Crippen LogP contribution in [0, 0.1) is 5.92 Å². The molecule has 10 nitrogen and oxygen atoms in total. The fraction of sp³-hybridized carbons (Fsp3) is 0.522. The maximum absolute atomic E-state index is 13.2. The van der Waals surface area contributed by atoms with Gasteiger partial charge >= 0.3 is 12.7 Å². The molecule has 1 aromatic carbocycles. The molecule has 1 aliphatic heterocycles. The predicted molar refractivity (Wildman–Crippen MR) is 119 cm³/mol. The maximum atomic E-state index is 13.2. The minimum absolute atomic E-state index is 0.0647. The second kappa shape index (κ2) is 10.5. The number of hydrogen-bond donors (Lipinski definition) is 1. The number of benzene rings is 1. The van der Waals surface area contributed by atoms with E-state index in [1.165, 1.54) is 30.2 Å². The van der Waals surface area contributed by atoms with Crippen LogP contribution in [0.15, 0.2) is 22.6 Å². The molecule has 35 heavy (non-hydrogen) atoms. The highest BCUT2D eigenvalue weighted by Crippen LogP contribution is 2.37. The minimum Gasteiger partial charge on any atom is -0.489 e. The van der Waals surface area contributed by atoms with Crippen molar-refractivity contribution in [3.05, 3.63) is 29.7 Å². The molecule has 2 aromatic rings. The van der Waals surface area contributed by atoms with Crippen molar-refractivity contribution < 1.29 is 37.0 Å². The average Bonchev–Trinajstić information content (AvgIpc) is 3.57. The Morgan fingerprint density at radius 1 is 1.17 bits per heavy atom. The van der Waals surface area contributed by atoms with Crippen molar-refractivity contribution in [1.29, 1.82) is 0 Å². The number of aromatic nitrogens is 1. The first-order valence-electron chi connectivity index (χ1n) is 11.4. The highest BCUT2D eigenvalue weighted by atomic mass is 19.3. The van der Waals surface area contributed by atoms with Crippen molar-refractivity contribution in [2.75, 3.05) is 39.9 Å². The monoisotopic (exact) mass is 494 g/mol. The van der Waals surface area contributed by atoms with E-state index in [9.17, 15) is 18.4 Å². The lowest BCUT2D eigenvalue weighted by Gasteiger charge is -2.33. The Labute approximate surface area is 200 Å². The molecule has 12 heteroatoms. The summed E-state index contributed by atoms with van der Waals surface area (Å²) in [7, 11) is 1.31. The first-order chi connectivity index (χ1) is 16.8. The van der Waals surface area contributed by atoms with Gasteiger partial charge in [-0.2, -0.15) is 8.78 Å². The Hall–Kier alpha value is -3.41. The van der Waals surface area contributed by atoms with Crippen molar-refractivity contribution in [2.45, 2.75) is 32.4 Å². The second-order valence-corrected chi connectivity index (χ2v) is 8.56. The van der Waals surface area contributed by atoms with Crippen LogP contribution in [0.5, 0.6) is 11.5 Å². The lowest BCUT2D eigenvalue weighted by Crippen LogP contribution is -2.50. The summed E-state index contributed by atoms with van der Waals surface area (Å²) in [6.07, 6.45) is 1.61. The molecular formula is C23H28F2N4O6. The molecular weight excluding hydrogens is 466 g/mol. The van der Waals surface area contributed by atoms with Gasteiger partial charge in [0.25, 0.3) is 5.91 Å². The molecule has 1 aromatic heterocycles. The lowest BCUT2D eigenvalue weighted by molar-refractivity contribution is -0.0515. The van der Waals surface area contributed by atoms with Gasteiger partial charge in [-0.3, -0.25) is 4.79 Å². The molecule has 2 N–H and O–H groups in total. The summed E-state index contributed by atoms with van der Waals surface area (Å²) in [6, 6.07) is 3.73. The van der Waals surface area contributed by atoms with Crippen LogP contribution >= 0.6 is 0 Å². The van der Waals surface area contributed by atoms with Crippen LogP contribution in [-0.4, -0.2) is 73.3 Å². The number of nitrogens with two attached hydrogens (primary N) is 1. The van der Waals surface area contributed by atoms with E-state index in [1.54, 1.807) is 11.8 Å². The number of oxazole rings is 1. The molecule has 0 bridgehead atoms. The number of amides is 2. The Bertz CT molecular complexity index is 1060. The van der Waals surface area contributed by atoms with Crippen molar-refractivity contribution in [2.24, 2.45) is 11.7 Å². The molecule has 2 aliphatic rings. The van der Waals surface area contributed by atoms with E-state index >= 15 is 0 Å². The number of methoxy groups -OCH3 is 1. The summed E-state index contributed by atoms with van der Waals surface area (Å²) >= 11 is 0. The Morgan fingerprint density at radius 3 is 2.46 bits per heavy atom. The molecule has 1 aliphatic carbocycles. The fourth-order valence-electron chi connectivity index (χ4n) is 3.73. The molecule has 0 radical (unpaired) electrons. The number of ether oxygens (including phenoxy) is 3. The summed E-state index contributed by atoms with van der Waals surface area (Å²) in [5.74, 6) is 0.376. The number of halogens is 2. The number of carbonyl (C=O) groups excluding carboxylic acids is 2. The topological polar surface area (TPSA) is 120 Å². The van der Waals surface area contributed by atoms with Gasteiger partial charge in [0.05, 0.1) is 19.8 Å². The Kier molecular flexibility index (Phi) is 7.39. The fourth-order valence-corrected chi connectivity index (χ4v) is 3.73. The van der Waals surface area contributed by atoms with E-state index in [4.69, 9.17) is 19.6 Å². The molecule has 2 amide bonds. The molecule has 0 spiro atoms. The summed E-state index contributed by atoms with van der Waals surface area (Å²) in [5.41, 5.74) is 6.54. The van der Waals surface area contributed by atoms with Gasteiger partial charge in [-0.05, 0) is 43.9 Å². The van der Waals surface area contributed by atoms with Crippen molar-refractivity contribution in [1.82, 2.24) is 14.8 Å². The molecule has 1 saturated heterocycles. The van der Waals surface area contributed by atoms with Crippen molar-refractivity contribution in [3.8, 4) is 23.0 Å². The van der Waals surface area contributed by atoms with Crippen molar-refractivity contribution in [3.63, 3.8) is 0 Å². The van der Waals surface area contributed by atoms with Gasteiger partial charge in [0, 0.05) is 31.7 Å². The number of hydrogen-bond acceptors (Lipinski definition) is 8. The van der Waals surface area contributed by atoms with E-state index in [2.05, 4.69) is 9.72 Å². The SMILES string of the molecule is COC(=O)N1CCN(C(=O)c2nc(-c3ccc(OC(F)F)c(OCC4CC4)c3)oc2[C@H](C)N)CC1. The number of nitrogens with zero attached hydrogens (tertiary/aromatic N) is 3. The zero-order valence-corrected chi connectivity index (χ0v) is 19.5. The number of carbonyl (C=O) groups is 2. The summed E-state index contributed by atoms with van der Waals surface area (Å²) < 4.78 is 46.6. The van der Waals surface area contributed by atoms with Gasteiger partial charge in [-0.1, -0.05) is 0 Å². The van der Waals surface area contributed by atoms with Gasteiger partial charge in [-0.15, -0.1) is 0 Å². The molecule has 0 unspecified atom stereocenters. The van der Waals surface area contributed by atoms with Gasteiger partial charge in [-0.25, -0.2) is 9.78 Å². The van der Waals surface area contributed by atoms with E-state index in [-0.39, 0.29) is 34.8 Å². The Balaban J connectivity index is 1.57. The molecule has 1 atom stereocenters. The predicted octanol–water partition coefficient (Wildman–Crippen LogP) is 3.28. The van der Waals surface area contributed by atoms with E-state index in [0.717, 1.165) is 12.8 Å². The standard InChI is InChI=1S/C23H28F2N4O6/c1-13(26)19-18(21(30)28-7-9-29(10-8-28)23(31)32-2)27-20(35-19)15-5-6-16(34-22(24)25)17(11-15)33-12-14-3-4-14/h5-6,11,13-14,22H,3-4,7-10,12,26H2,1-2H3/t13-/m0/s1. The molecule has 190 valence electrons. The first kappa shape index (κ1) is 24.7. The highest BCUT2D eigenvalue weighted by Gasteiger charge is 2.31. The third-order valence-electron chi connectivity index (χ3n) is 5.85. The smallest absolute Gasteiger partial charge is 0.409 e. The summed E-state index contributed by atoms with van der Waals surface area (Å²) in [6.45, 7) is 0.301. The normalized spacial score (nSPS) is 16.9. The molecule has 2 fully saturated rings. The third-order valence-corrected chi connectivity index (χ3v) is 5.85. The van der Waals surface area contributed by atoms with Crippen molar-refractivity contribution >= 4 is 12.0 Å². The zero-order valence-electron chi connectivity index (χ0n) is 19.5. The average molecular weight is 494 g/mol. The highest BCUT2D eigenvalue weighted by molar-refractivity contribution is 5.94. The number of piperazine rings is 1. The maximum Gasteiger partial charge on any atom is 0.409 e. The van der Waals surface area contributed by atoms with Crippen LogP contribution in [0.25, 0.3) is 11.5 Å². The molecule has 2 heterocycles. The molecule has 1 saturated carbocycles. The van der Waals surface area contributed by atoms with Crippen LogP contribution in [-0.2, 0) is 4.74 Å². The van der Waals surface area contributed by atoms with Crippen LogP contribution in [0.3, 0.4) is 0 Å². The van der Waals surface area contributed by atoms with Crippen LogP contribution < -0.4 is 15.2 Å². The van der Waals surface area contributed by atoms with E-state index in [1.807, 2.05) is 0 Å². The summed E-state index contributed by atoms with van der Waals surface area (Å²) in [5, 5.41) is 0. The van der Waals surface area contributed by atoms with Gasteiger partial charge in [0.15, 0.2) is 23.0 Å². The quantitative estimate of drug-likeness (QED) is 0.594. The number of alkyl halides is 2. The minimum atomic E-state index is -3.00. The largest absolute Gasteiger partial charge is 0.489 e. The Morgan fingerprint density at radius 2 is 1.86 bits per heavy atom. The van der Waals surface area contributed by atoms with Gasteiger partial charge in [0.1, 0.15) is 0 Å². The van der Waals surface area contributed by atoms with Gasteiger partial charge < -0.3 is 34.2 Å². The van der Waals surface area contributed by atoms with Crippen LogP contribution in [0.2, 0.25) is 0 Å². The lowest BCUT2D eigenvalue weighted by atomic mass is 10.2. The van der Waals surface area contributed by atoms with Crippen LogP contribution in [0.1, 0.15) is 42.1 Å². The van der Waals surface area contributed by atoms with E-state index in [0.29, 0.717) is 44.3 Å². The van der Waals surface area contributed by atoms with E-state index < -0.39 is 18.7 Å². The van der Waals surface area contributed by atoms with Crippen LogP contribution in [0.4, 0.5) is 13.6 Å². The first-order valence-corrected chi connectivity index (χ1v) is 11.4. The third kappa shape index (κ3) is 5.81. The summed E-state index contributed by atoms with van der Waals surface area (Å²) in [4.78, 5) is 32.4. The van der Waals surface area contributed by atoms with Gasteiger partial charge in [0.2, 0.25) is 5.89 Å². The molecule has 4 rings (SSSR count). The second-order valence-electron chi connectivity index (χ2n) is 8.56. The number of rotatable bonds is 8. The zero-order chi connectivity index (χ0) is 25.1.